The van der Waals surface area contributed by atoms with Gasteiger partial charge in [-0.3, -0.25) is 0 Å². The molecule has 1 aliphatic rings. The Balaban J connectivity index is 2.18. The van der Waals surface area contributed by atoms with Gasteiger partial charge in [-0.1, -0.05) is 0 Å². The molecule has 0 saturated carbocycles. The molecule has 0 amide bonds. The summed E-state index contributed by atoms with van der Waals surface area (Å²) < 4.78 is 1.93. The summed E-state index contributed by atoms with van der Waals surface area (Å²) in [7, 11) is 2.04. The van der Waals surface area contributed by atoms with Crippen LogP contribution in [0.4, 0.5) is 0 Å². The minimum absolute atomic E-state index is 0.880. The highest BCUT2D eigenvalue weighted by Crippen LogP contribution is 1.96. The summed E-state index contributed by atoms with van der Waals surface area (Å²) in [4.78, 5) is 2.10. The van der Waals surface area contributed by atoms with Gasteiger partial charge in [-0.2, -0.15) is 15.8 Å². The molecule has 2 heterocycles. The molecule has 0 radical (unpaired) electrons. The molecule has 1 aromatic heterocycles. The number of pyridine rings is 1. The summed E-state index contributed by atoms with van der Waals surface area (Å²) in [6.07, 6.45) is 9.13. The van der Waals surface area contributed by atoms with Crippen LogP contribution in [0.2, 0.25) is 0 Å². The highest BCUT2D eigenvalue weighted by Gasteiger charge is 2.12. The largest absolute Gasteiger partial charge is 0.357 e. The first-order chi connectivity index (χ1) is 5.86. The van der Waals surface area contributed by atoms with Gasteiger partial charge in [0.1, 0.15) is 12.9 Å². The molecule has 1 aliphatic heterocycles. The van der Waals surface area contributed by atoms with Crippen LogP contribution in [-0.2, 0) is 0 Å². The van der Waals surface area contributed by atoms with Crippen molar-refractivity contribution in [3.05, 3.63) is 43.0 Å². The zero-order valence-electron chi connectivity index (χ0n) is 7.01. The third-order valence-electron chi connectivity index (χ3n) is 1.78. The predicted molar refractivity (Wildman–Crippen MR) is 45.5 cm³/mol. The molecule has 0 aliphatic carbocycles. The van der Waals surface area contributed by atoms with Crippen LogP contribution in [0.3, 0.4) is 0 Å². The molecule has 0 aromatic carbocycles. The van der Waals surface area contributed by atoms with Gasteiger partial charge in [-0.05, 0) is 0 Å². The molecule has 2 rings (SSSR count). The minimum Gasteiger partial charge on any atom is -0.357 e. The second kappa shape index (κ2) is 2.85. The Kier molecular flexibility index (Phi) is 1.70. The maximum atomic E-state index is 3.10. The van der Waals surface area contributed by atoms with E-state index in [1.54, 1.807) is 0 Å². The first kappa shape index (κ1) is 7.16. The van der Waals surface area contributed by atoms with Gasteiger partial charge in [0.2, 0.25) is 0 Å². The van der Waals surface area contributed by atoms with E-state index in [0.717, 1.165) is 6.67 Å². The summed E-state index contributed by atoms with van der Waals surface area (Å²) in [5, 5.41) is 2.07. The van der Waals surface area contributed by atoms with Crippen molar-refractivity contribution in [2.45, 2.75) is 0 Å². The van der Waals surface area contributed by atoms with Crippen LogP contribution < -0.4 is 9.69 Å². The fourth-order valence-corrected chi connectivity index (χ4v) is 1.16. The topological polar surface area (TPSA) is 10.4 Å². The van der Waals surface area contributed by atoms with Crippen LogP contribution in [0.5, 0.6) is 0 Å². The SMILES string of the molecule is CN1C=CN([n+]2[c-]cccc2)C1. The van der Waals surface area contributed by atoms with Gasteiger partial charge >= 0.3 is 0 Å². The number of rotatable bonds is 1. The van der Waals surface area contributed by atoms with Gasteiger partial charge in [0.15, 0.2) is 0 Å². The fourth-order valence-electron chi connectivity index (χ4n) is 1.16. The van der Waals surface area contributed by atoms with Crippen molar-refractivity contribution in [2.24, 2.45) is 0 Å². The lowest BCUT2D eigenvalue weighted by Crippen LogP contribution is -2.54. The molecular weight excluding hydrogens is 150 g/mol. The van der Waals surface area contributed by atoms with Crippen molar-refractivity contribution in [3.8, 4) is 0 Å². The van der Waals surface area contributed by atoms with Gasteiger partial charge in [0, 0.05) is 13.2 Å². The molecule has 0 unspecified atom stereocenters. The third-order valence-corrected chi connectivity index (χ3v) is 1.78. The average molecular weight is 161 g/mol. The van der Waals surface area contributed by atoms with Crippen LogP contribution in [0.1, 0.15) is 0 Å². The number of nitrogens with zero attached hydrogens (tertiary/aromatic N) is 3. The molecule has 0 N–H and O–H groups in total. The van der Waals surface area contributed by atoms with Crippen LogP contribution >= 0.6 is 0 Å². The molecule has 0 atom stereocenters. The van der Waals surface area contributed by atoms with E-state index >= 15 is 0 Å². The van der Waals surface area contributed by atoms with E-state index in [1.807, 2.05) is 48.5 Å². The zero-order chi connectivity index (χ0) is 8.39. The lowest BCUT2D eigenvalue weighted by Gasteiger charge is -2.14. The molecule has 12 heavy (non-hydrogen) atoms. The molecule has 0 bridgehead atoms. The van der Waals surface area contributed by atoms with Crippen molar-refractivity contribution in [1.29, 1.82) is 0 Å². The average Bonchev–Trinajstić information content (AvgIpc) is 2.54. The van der Waals surface area contributed by atoms with E-state index in [1.165, 1.54) is 0 Å². The van der Waals surface area contributed by atoms with Gasteiger partial charge in [0.05, 0.1) is 12.4 Å². The van der Waals surface area contributed by atoms with Crippen molar-refractivity contribution in [1.82, 2.24) is 4.90 Å². The number of aromatic nitrogens is 1. The van der Waals surface area contributed by atoms with Gasteiger partial charge in [0.25, 0.3) is 0 Å². The Bertz CT molecular complexity index is 281. The highest BCUT2D eigenvalue weighted by molar-refractivity contribution is 4.99. The Morgan fingerprint density at radius 2 is 2.25 bits per heavy atom. The van der Waals surface area contributed by atoms with Crippen molar-refractivity contribution >= 4 is 0 Å². The smallest absolute Gasteiger partial charge is 0.147 e. The van der Waals surface area contributed by atoms with Gasteiger partial charge in [-0.25, -0.2) is 0 Å². The van der Waals surface area contributed by atoms with Gasteiger partial charge < -0.3 is 4.90 Å². The third kappa shape index (κ3) is 1.25. The number of hydrogen-bond acceptors (Lipinski definition) is 2. The Morgan fingerprint density at radius 1 is 1.33 bits per heavy atom. The van der Waals surface area contributed by atoms with E-state index in [4.69, 9.17) is 0 Å². The summed E-state index contributed by atoms with van der Waals surface area (Å²) in [6.45, 7) is 0.880. The maximum Gasteiger partial charge on any atom is 0.147 e. The Morgan fingerprint density at radius 3 is 2.83 bits per heavy atom. The Hall–Kier alpha value is -1.51. The lowest BCUT2D eigenvalue weighted by atomic mass is 10.5. The maximum absolute atomic E-state index is 3.10. The number of hydrogen-bond donors (Lipinski definition) is 0. The summed E-state index contributed by atoms with van der Waals surface area (Å²) in [5.41, 5.74) is 0. The molecule has 1 aromatic rings. The van der Waals surface area contributed by atoms with Crippen molar-refractivity contribution < 1.29 is 4.68 Å². The van der Waals surface area contributed by atoms with E-state index in [-0.39, 0.29) is 0 Å². The fraction of sp³-hybridized carbons (Fsp3) is 0.222. The Labute approximate surface area is 72.1 Å². The molecule has 3 heteroatoms. The summed E-state index contributed by atoms with van der Waals surface area (Å²) in [5.74, 6) is 0. The van der Waals surface area contributed by atoms with E-state index < -0.39 is 0 Å². The molecule has 0 fully saturated rings. The standard InChI is InChI=1S/C9H11N3/c1-10-7-8-12(9-10)11-5-3-2-4-6-11/h2-5,7-8H,9H2,1H3. The van der Waals surface area contributed by atoms with Crippen molar-refractivity contribution in [3.63, 3.8) is 0 Å². The molecular formula is C9H11N3. The van der Waals surface area contributed by atoms with Crippen molar-refractivity contribution in [2.75, 3.05) is 18.7 Å². The molecule has 0 spiro atoms. The monoisotopic (exact) mass is 161 g/mol. The minimum atomic E-state index is 0.880. The van der Waals surface area contributed by atoms with Crippen LogP contribution in [0.15, 0.2) is 36.8 Å². The van der Waals surface area contributed by atoms with Crippen LogP contribution in [0, 0.1) is 6.20 Å². The van der Waals surface area contributed by atoms with Crippen LogP contribution in [0.25, 0.3) is 0 Å². The van der Waals surface area contributed by atoms with Gasteiger partial charge in [-0.15, -0.1) is 12.1 Å². The second-order valence-electron chi connectivity index (χ2n) is 2.81. The molecule has 0 saturated heterocycles. The second-order valence-corrected chi connectivity index (χ2v) is 2.81. The van der Waals surface area contributed by atoms with E-state index in [9.17, 15) is 0 Å². The highest BCUT2D eigenvalue weighted by atomic mass is 15.6. The first-order valence-corrected chi connectivity index (χ1v) is 3.90. The van der Waals surface area contributed by atoms with E-state index in [0.29, 0.717) is 0 Å². The summed E-state index contributed by atoms with van der Waals surface area (Å²) >= 11 is 0. The van der Waals surface area contributed by atoms with E-state index in [2.05, 4.69) is 16.1 Å². The summed E-state index contributed by atoms with van der Waals surface area (Å²) in [6, 6.07) is 5.84. The predicted octanol–water partition coefficient (Wildman–Crippen LogP) is 0.0864. The molecule has 3 nitrogen and oxygen atoms in total. The van der Waals surface area contributed by atoms with Crippen LogP contribution in [-0.4, -0.2) is 18.6 Å². The first-order valence-electron chi connectivity index (χ1n) is 3.90. The quantitative estimate of drug-likeness (QED) is 0.427. The molecule has 62 valence electrons. The normalized spacial score (nSPS) is 15.8. The lowest BCUT2D eigenvalue weighted by molar-refractivity contribution is -0.690. The zero-order valence-corrected chi connectivity index (χ0v) is 7.01.